The number of rotatable bonds is 1. The summed E-state index contributed by atoms with van der Waals surface area (Å²) in [4.78, 5) is 31.4. The molecule has 0 aliphatic carbocycles. The van der Waals surface area contributed by atoms with Crippen LogP contribution in [0.25, 0.3) is 0 Å². The van der Waals surface area contributed by atoms with E-state index < -0.39 is 0 Å². The number of thiazole rings is 1. The Morgan fingerprint density at radius 2 is 1.97 bits per heavy atom. The molecule has 32 heavy (non-hydrogen) atoms. The molecule has 172 valence electrons. The number of piperidine rings is 1. The van der Waals surface area contributed by atoms with Crippen molar-refractivity contribution in [1.82, 2.24) is 15.2 Å². The maximum Gasteiger partial charge on any atom is 0.273 e. The summed E-state index contributed by atoms with van der Waals surface area (Å²) in [5, 5.41) is 5.02. The van der Waals surface area contributed by atoms with Crippen LogP contribution in [0.5, 0.6) is 5.75 Å². The lowest BCUT2D eigenvalue weighted by Crippen LogP contribution is -2.45. The van der Waals surface area contributed by atoms with Crippen molar-refractivity contribution in [3.05, 3.63) is 40.9 Å². The van der Waals surface area contributed by atoms with E-state index in [1.807, 2.05) is 23.1 Å². The molecular formula is C23H30N4O4S. The third-order valence-electron chi connectivity index (χ3n) is 6.30. The number of amides is 2. The van der Waals surface area contributed by atoms with Crippen LogP contribution < -0.4 is 15.8 Å². The average molecular weight is 459 g/mol. The summed E-state index contributed by atoms with van der Waals surface area (Å²) in [6, 6.07) is 7.35. The molecule has 8 nitrogen and oxygen atoms in total. The first-order chi connectivity index (χ1) is 15.6. The molecule has 0 unspecified atom stereocenters. The minimum atomic E-state index is -0.154. The molecule has 3 heterocycles. The molecule has 0 atom stereocenters. The third kappa shape index (κ3) is 5.39. The number of hydrogen-bond acceptors (Lipinski definition) is 7. The van der Waals surface area contributed by atoms with Gasteiger partial charge in [0.25, 0.3) is 11.8 Å². The molecule has 4 rings (SSSR count). The highest BCUT2D eigenvalue weighted by molar-refractivity contribution is 7.13. The van der Waals surface area contributed by atoms with Gasteiger partial charge < -0.3 is 25.4 Å². The van der Waals surface area contributed by atoms with Gasteiger partial charge in [0.2, 0.25) is 0 Å². The van der Waals surface area contributed by atoms with E-state index in [9.17, 15) is 9.59 Å². The lowest BCUT2D eigenvalue weighted by molar-refractivity contribution is 0.0338. The number of nitrogens with two attached hydrogens (primary N) is 1. The SMILES string of the molecule is Nc1nc(C(=O)N2CCC3(CCCCOCCNC(=O)c4ccccc4OC3)CC2)cs1. The van der Waals surface area contributed by atoms with Crippen LogP contribution in [0.15, 0.2) is 29.6 Å². The molecular weight excluding hydrogens is 428 g/mol. The van der Waals surface area contributed by atoms with E-state index in [1.54, 1.807) is 11.4 Å². The first kappa shape index (κ1) is 22.5. The Morgan fingerprint density at radius 3 is 2.75 bits per heavy atom. The van der Waals surface area contributed by atoms with Gasteiger partial charge in [0.1, 0.15) is 11.4 Å². The van der Waals surface area contributed by atoms with Gasteiger partial charge in [0, 0.05) is 37.0 Å². The fraction of sp³-hybridized carbons (Fsp3) is 0.522. The van der Waals surface area contributed by atoms with Gasteiger partial charge >= 0.3 is 0 Å². The second-order valence-electron chi connectivity index (χ2n) is 8.47. The minimum absolute atomic E-state index is 0.0500. The summed E-state index contributed by atoms with van der Waals surface area (Å²) in [7, 11) is 0. The Labute approximate surface area is 192 Å². The van der Waals surface area contributed by atoms with Gasteiger partial charge in [-0.2, -0.15) is 0 Å². The van der Waals surface area contributed by atoms with Crippen LogP contribution in [0.1, 0.15) is 53.0 Å². The first-order valence-electron chi connectivity index (χ1n) is 11.1. The number of aromatic nitrogens is 1. The topological polar surface area (TPSA) is 107 Å². The fourth-order valence-corrected chi connectivity index (χ4v) is 4.88. The molecule has 2 aliphatic heterocycles. The maximum absolute atomic E-state index is 12.8. The molecule has 9 heteroatoms. The number of likely N-dealkylation sites (tertiary alicyclic amines) is 1. The van der Waals surface area contributed by atoms with E-state index in [0.717, 1.165) is 32.1 Å². The highest BCUT2D eigenvalue weighted by atomic mass is 32.1. The van der Waals surface area contributed by atoms with Crippen molar-refractivity contribution >= 4 is 28.3 Å². The Balaban J connectivity index is 1.47. The fourth-order valence-electron chi connectivity index (χ4n) is 4.35. The molecule has 2 aromatic rings. The molecule has 1 aromatic heterocycles. The zero-order valence-corrected chi connectivity index (χ0v) is 19.0. The number of nitrogens with zero attached hydrogens (tertiary/aromatic N) is 2. The Kier molecular flexibility index (Phi) is 7.26. The number of nitrogens with one attached hydrogen (secondary N) is 1. The molecule has 0 radical (unpaired) electrons. The van der Waals surface area contributed by atoms with E-state index in [1.165, 1.54) is 11.3 Å². The second-order valence-corrected chi connectivity index (χ2v) is 9.36. The van der Waals surface area contributed by atoms with Crippen molar-refractivity contribution in [2.24, 2.45) is 5.41 Å². The van der Waals surface area contributed by atoms with Crippen molar-refractivity contribution in [1.29, 1.82) is 0 Å². The number of nitrogen functional groups attached to an aromatic ring is 1. The minimum Gasteiger partial charge on any atom is -0.492 e. The summed E-state index contributed by atoms with van der Waals surface area (Å²) in [6.07, 6.45) is 4.68. The highest BCUT2D eigenvalue weighted by Crippen LogP contribution is 2.38. The van der Waals surface area contributed by atoms with Gasteiger partial charge in [-0.15, -0.1) is 11.3 Å². The van der Waals surface area contributed by atoms with Gasteiger partial charge in [0.05, 0.1) is 18.8 Å². The molecule has 1 saturated heterocycles. The third-order valence-corrected chi connectivity index (χ3v) is 6.97. The Morgan fingerprint density at radius 1 is 1.16 bits per heavy atom. The molecule has 1 aromatic carbocycles. The van der Waals surface area contributed by atoms with Crippen LogP contribution in [-0.2, 0) is 4.74 Å². The van der Waals surface area contributed by atoms with Crippen LogP contribution in [0.4, 0.5) is 5.13 Å². The second kappa shape index (κ2) is 10.3. The molecule has 3 N–H and O–H groups in total. The molecule has 1 fully saturated rings. The highest BCUT2D eigenvalue weighted by Gasteiger charge is 2.37. The van der Waals surface area contributed by atoms with Crippen LogP contribution >= 0.6 is 11.3 Å². The van der Waals surface area contributed by atoms with Crippen LogP contribution in [-0.4, -0.2) is 61.2 Å². The Hall–Kier alpha value is -2.65. The monoisotopic (exact) mass is 458 g/mol. The zero-order chi connectivity index (χ0) is 22.4. The number of benzene rings is 1. The van der Waals surface area contributed by atoms with Gasteiger partial charge in [-0.3, -0.25) is 9.59 Å². The number of hydrogen-bond donors (Lipinski definition) is 2. The van der Waals surface area contributed by atoms with E-state index in [2.05, 4.69) is 10.3 Å². The Bertz CT molecular complexity index is 940. The number of para-hydroxylation sites is 1. The van der Waals surface area contributed by atoms with E-state index in [-0.39, 0.29) is 17.2 Å². The van der Waals surface area contributed by atoms with Crippen molar-refractivity contribution < 1.29 is 19.1 Å². The summed E-state index contributed by atoms with van der Waals surface area (Å²) in [5.74, 6) is 0.377. The van der Waals surface area contributed by atoms with Crippen molar-refractivity contribution in [3.8, 4) is 5.75 Å². The maximum atomic E-state index is 12.8. The van der Waals surface area contributed by atoms with Gasteiger partial charge in [0.15, 0.2) is 5.13 Å². The normalized spacial score (nSPS) is 20.0. The zero-order valence-electron chi connectivity index (χ0n) is 18.2. The van der Waals surface area contributed by atoms with E-state index in [4.69, 9.17) is 15.2 Å². The summed E-state index contributed by atoms with van der Waals surface area (Å²) in [5.41, 5.74) is 6.60. The first-order valence-corrected chi connectivity index (χ1v) is 12.0. The van der Waals surface area contributed by atoms with Crippen molar-refractivity contribution in [3.63, 3.8) is 0 Å². The predicted molar refractivity (Wildman–Crippen MR) is 123 cm³/mol. The molecule has 0 bridgehead atoms. The van der Waals surface area contributed by atoms with Gasteiger partial charge in [-0.1, -0.05) is 18.6 Å². The lowest BCUT2D eigenvalue weighted by atomic mass is 9.75. The standard InChI is InChI=1S/C23H30N4O4S/c24-22-26-18(15-32-22)21(29)27-11-8-23(9-12-27)7-3-4-13-30-14-10-25-20(28)17-5-1-2-6-19(17)31-16-23/h1-2,5-6,15H,3-4,7-14,16H2,(H2,24,26)(H,25,28). The van der Waals surface area contributed by atoms with Crippen molar-refractivity contribution in [2.45, 2.75) is 32.1 Å². The summed E-state index contributed by atoms with van der Waals surface area (Å²) < 4.78 is 11.9. The quantitative estimate of drug-likeness (QED) is 0.680. The van der Waals surface area contributed by atoms with E-state index in [0.29, 0.717) is 61.6 Å². The number of fused-ring (bicyclic) bond motifs is 1. The predicted octanol–water partition coefficient (Wildman–Crippen LogP) is 2.96. The van der Waals surface area contributed by atoms with Crippen LogP contribution in [0.3, 0.4) is 0 Å². The van der Waals surface area contributed by atoms with Crippen molar-refractivity contribution in [2.75, 3.05) is 45.2 Å². The van der Waals surface area contributed by atoms with Crippen LogP contribution in [0, 0.1) is 5.41 Å². The summed E-state index contributed by atoms with van der Waals surface area (Å²) >= 11 is 1.28. The number of carbonyl (C=O) groups is 2. The lowest BCUT2D eigenvalue weighted by Gasteiger charge is -2.41. The van der Waals surface area contributed by atoms with Crippen LogP contribution in [0.2, 0.25) is 0 Å². The number of ether oxygens (including phenoxy) is 2. The van der Waals surface area contributed by atoms with Gasteiger partial charge in [-0.25, -0.2) is 4.98 Å². The largest absolute Gasteiger partial charge is 0.492 e. The molecule has 1 spiro atoms. The molecule has 0 saturated carbocycles. The summed E-state index contributed by atoms with van der Waals surface area (Å²) in [6.45, 7) is 3.48. The van der Waals surface area contributed by atoms with E-state index >= 15 is 0 Å². The van der Waals surface area contributed by atoms with Gasteiger partial charge in [-0.05, 0) is 37.8 Å². The number of carbonyl (C=O) groups excluding carboxylic acids is 2. The average Bonchev–Trinajstić information content (AvgIpc) is 3.25. The molecule has 2 amide bonds. The molecule has 2 aliphatic rings. The smallest absolute Gasteiger partial charge is 0.273 e. The number of anilines is 1.